The van der Waals surface area contributed by atoms with E-state index in [1.165, 1.54) is 17.0 Å². The number of benzene rings is 2. The number of Topliss-reactive ketones (excluding diaryl/α,β-unsaturated/α-hetero) is 1. The second-order valence-corrected chi connectivity index (χ2v) is 8.61. The number of nitrogens with zero attached hydrogens (tertiary/aromatic N) is 1. The number of aliphatic hydroxyl groups excluding tert-OH is 1. The van der Waals surface area contributed by atoms with Crippen LogP contribution >= 0.6 is 11.6 Å². The number of rotatable bonds is 5. The molecular weight excluding hydrogens is 393 g/mol. The molecule has 29 heavy (non-hydrogen) atoms. The molecule has 1 aliphatic rings. The van der Waals surface area contributed by atoms with Crippen LogP contribution in [0.1, 0.15) is 37.9 Å². The lowest BCUT2D eigenvalue weighted by Crippen LogP contribution is -2.34. The molecule has 152 valence electrons. The van der Waals surface area contributed by atoms with Gasteiger partial charge in [-0.3, -0.25) is 9.59 Å². The predicted molar refractivity (Wildman–Crippen MR) is 110 cm³/mol. The predicted octanol–water partition coefficient (Wildman–Crippen LogP) is 5.03. The third kappa shape index (κ3) is 4.35. The molecule has 0 fully saturated rings. The van der Waals surface area contributed by atoms with Crippen molar-refractivity contribution >= 4 is 23.3 Å². The topological polar surface area (TPSA) is 57.6 Å². The third-order valence-electron chi connectivity index (χ3n) is 4.97. The molecule has 2 aromatic carbocycles. The molecular formula is C23H23ClFNO3. The maximum atomic E-state index is 13.2. The van der Waals surface area contributed by atoms with Crippen LogP contribution in [0.25, 0.3) is 0 Å². The standard InChI is InChI=1S/C23H23ClFNO3/c1-23(2,3)21(28)18-19(15-6-8-16(24)9-7-15)26(22(29)20(18)27)13-12-14-4-10-17(25)11-5-14/h4-11,19,27H,12-13H2,1-3H3. The number of amides is 1. The Kier molecular flexibility index (Phi) is 5.80. The van der Waals surface area contributed by atoms with Gasteiger partial charge in [-0.2, -0.15) is 0 Å². The molecule has 1 aliphatic heterocycles. The van der Waals surface area contributed by atoms with Gasteiger partial charge in [0, 0.05) is 17.0 Å². The molecule has 1 N–H and O–H groups in total. The Balaban J connectivity index is 1.98. The van der Waals surface area contributed by atoms with Gasteiger partial charge in [-0.15, -0.1) is 0 Å². The van der Waals surface area contributed by atoms with Gasteiger partial charge >= 0.3 is 0 Å². The summed E-state index contributed by atoms with van der Waals surface area (Å²) >= 11 is 6.00. The Hall–Kier alpha value is -2.66. The smallest absolute Gasteiger partial charge is 0.290 e. The maximum Gasteiger partial charge on any atom is 0.290 e. The van der Waals surface area contributed by atoms with Crippen LogP contribution in [0.4, 0.5) is 4.39 Å². The van der Waals surface area contributed by atoms with E-state index in [0.29, 0.717) is 17.0 Å². The summed E-state index contributed by atoms with van der Waals surface area (Å²) in [6.45, 7) is 5.52. The van der Waals surface area contributed by atoms with Gasteiger partial charge in [0.25, 0.3) is 5.91 Å². The quantitative estimate of drug-likeness (QED) is 0.744. The molecule has 1 atom stereocenters. The molecule has 2 aromatic rings. The summed E-state index contributed by atoms with van der Waals surface area (Å²) in [5, 5.41) is 11.1. The van der Waals surface area contributed by atoms with E-state index in [2.05, 4.69) is 0 Å². The third-order valence-corrected chi connectivity index (χ3v) is 5.22. The van der Waals surface area contributed by atoms with Crippen molar-refractivity contribution in [1.29, 1.82) is 0 Å². The highest BCUT2D eigenvalue weighted by Gasteiger charge is 2.45. The van der Waals surface area contributed by atoms with Gasteiger partial charge in [-0.1, -0.05) is 56.6 Å². The number of hydrogen-bond acceptors (Lipinski definition) is 3. The first-order valence-corrected chi connectivity index (χ1v) is 9.76. The highest BCUT2D eigenvalue weighted by atomic mass is 35.5. The summed E-state index contributed by atoms with van der Waals surface area (Å²) < 4.78 is 13.2. The summed E-state index contributed by atoms with van der Waals surface area (Å²) in [4.78, 5) is 27.4. The molecule has 0 saturated carbocycles. The summed E-state index contributed by atoms with van der Waals surface area (Å²) in [5.41, 5.74) is 0.882. The molecule has 6 heteroatoms. The fraction of sp³-hybridized carbons (Fsp3) is 0.304. The molecule has 0 saturated heterocycles. The number of hydrogen-bond donors (Lipinski definition) is 1. The summed E-state index contributed by atoms with van der Waals surface area (Å²) in [7, 11) is 0. The zero-order chi connectivity index (χ0) is 21.3. The number of carbonyl (C=O) groups excluding carboxylic acids is 2. The van der Waals surface area contributed by atoms with E-state index in [4.69, 9.17) is 11.6 Å². The number of carbonyl (C=O) groups is 2. The monoisotopic (exact) mass is 415 g/mol. The second kappa shape index (κ2) is 7.99. The highest BCUT2D eigenvalue weighted by Crippen LogP contribution is 2.41. The van der Waals surface area contributed by atoms with Crippen molar-refractivity contribution in [2.24, 2.45) is 5.41 Å². The summed E-state index contributed by atoms with van der Waals surface area (Å²) in [5.74, 6) is -1.71. The van der Waals surface area contributed by atoms with Gasteiger partial charge in [-0.05, 0) is 41.8 Å². The van der Waals surface area contributed by atoms with Crippen molar-refractivity contribution in [2.75, 3.05) is 6.54 Å². The minimum atomic E-state index is -0.763. The van der Waals surface area contributed by atoms with Crippen molar-refractivity contribution in [3.63, 3.8) is 0 Å². The van der Waals surface area contributed by atoms with Crippen LogP contribution < -0.4 is 0 Å². The van der Waals surface area contributed by atoms with Gasteiger partial charge in [0.2, 0.25) is 0 Å². The zero-order valence-corrected chi connectivity index (χ0v) is 17.3. The van der Waals surface area contributed by atoms with E-state index >= 15 is 0 Å². The molecule has 0 aromatic heterocycles. The van der Waals surface area contributed by atoms with Crippen LogP contribution in [0.15, 0.2) is 59.9 Å². The minimum Gasteiger partial charge on any atom is -0.503 e. The minimum absolute atomic E-state index is 0.101. The fourth-order valence-corrected chi connectivity index (χ4v) is 3.54. The highest BCUT2D eigenvalue weighted by molar-refractivity contribution is 6.30. The van der Waals surface area contributed by atoms with Gasteiger partial charge in [0.15, 0.2) is 11.5 Å². The molecule has 3 rings (SSSR count). The molecule has 4 nitrogen and oxygen atoms in total. The van der Waals surface area contributed by atoms with E-state index in [-0.39, 0.29) is 23.7 Å². The first kappa shape index (κ1) is 21.1. The Bertz CT molecular complexity index is 959. The SMILES string of the molecule is CC(C)(C)C(=O)C1=C(O)C(=O)N(CCc2ccc(F)cc2)C1c1ccc(Cl)cc1. The van der Waals surface area contributed by atoms with Gasteiger partial charge in [0.05, 0.1) is 11.6 Å². The van der Waals surface area contributed by atoms with Gasteiger partial charge < -0.3 is 10.0 Å². The lowest BCUT2D eigenvalue weighted by atomic mass is 9.82. The molecule has 0 aliphatic carbocycles. The van der Waals surface area contributed by atoms with Crippen molar-refractivity contribution < 1.29 is 19.1 Å². The van der Waals surface area contributed by atoms with E-state index in [1.807, 2.05) is 0 Å². The van der Waals surface area contributed by atoms with Crippen molar-refractivity contribution in [2.45, 2.75) is 33.2 Å². The van der Waals surface area contributed by atoms with Crippen LogP contribution in [0.3, 0.4) is 0 Å². The summed E-state index contributed by atoms with van der Waals surface area (Å²) in [6, 6.07) is 12.2. The van der Waals surface area contributed by atoms with E-state index in [1.54, 1.807) is 57.2 Å². The molecule has 1 amide bonds. The maximum absolute atomic E-state index is 13.2. The molecule has 1 heterocycles. The molecule has 0 radical (unpaired) electrons. The zero-order valence-electron chi connectivity index (χ0n) is 16.6. The summed E-state index contributed by atoms with van der Waals surface area (Å²) in [6.07, 6.45) is 0.459. The van der Waals surface area contributed by atoms with Crippen LogP contribution in [0, 0.1) is 11.2 Å². The van der Waals surface area contributed by atoms with E-state index in [0.717, 1.165) is 5.56 Å². The van der Waals surface area contributed by atoms with E-state index in [9.17, 15) is 19.1 Å². The molecule has 1 unspecified atom stereocenters. The van der Waals surface area contributed by atoms with E-state index < -0.39 is 23.1 Å². The Morgan fingerprint density at radius 2 is 1.69 bits per heavy atom. The molecule has 0 spiro atoms. The lowest BCUT2D eigenvalue weighted by Gasteiger charge is -2.29. The van der Waals surface area contributed by atoms with Gasteiger partial charge in [0.1, 0.15) is 5.82 Å². The van der Waals surface area contributed by atoms with Crippen molar-refractivity contribution in [3.05, 3.63) is 81.8 Å². The van der Waals surface area contributed by atoms with Crippen LogP contribution in [-0.4, -0.2) is 28.2 Å². The van der Waals surface area contributed by atoms with Crippen molar-refractivity contribution in [1.82, 2.24) is 4.90 Å². The van der Waals surface area contributed by atoms with Crippen molar-refractivity contribution in [3.8, 4) is 0 Å². The number of ketones is 1. The van der Waals surface area contributed by atoms with Crippen LogP contribution in [0.2, 0.25) is 5.02 Å². The Morgan fingerprint density at radius 1 is 1.10 bits per heavy atom. The average Bonchev–Trinajstić information content (AvgIpc) is 2.91. The second-order valence-electron chi connectivity index (χ2n) is 8.17. The fourth-order valence-electron chi connectivity index (χ4n) is 3.41. The number of aliphatic hydroxyl groups is 1. The normalized spacial score (nSPS) is 17.2. The van der Waals surface area contributed by atoms with Crippen LogP contribution in [-0.2, 0) is 16.0 Å². The first-order chi connectivity index (χ1) is 13.6. The largest absolute Gasteiger partial charge is 0.503 e. The Labute approximate surface area is 174 Å². The molecule has 0 bridgehead atoms. The Morgan fingerprint density at radius 3 is 2.24 bits per heavy atom. The number of halogens is 2. The van der Waals surface area contributed by atoms with Gasteiger partial charge in [-0.25, -0.2) is 4.39 Å². The lowest BCUT2D eigenvalue weighted by molar-refractivity contribution is -0.129. The first-order valence-electron chi connectivity index (χ1n) is 9.38. The average molecular weight is 416 g/mol. The van der Waals surface area contributed by atoms with Crippen LogP contribution in [0.5, 0.6) is 0 Å².